The molecule has 1 heterocycles. The van der Waals surface area contributed by atoms with Crippen LogP contribution in [0, 0.1) is 5.41 Å². The minimum Gasteiger partial charge on any atom is -0.496 e. The monoisotopic (exact) mass is 247 g/mol. The molecule has 0 saturated carbocycles. The minimum atomic E-state index is -0.306. The molecule has 18 heavy (non-hydrogen) atoms. The van der Waals surface area contributed by atoms with Crippen LogP contribution in [0.1, 0.15) is 25.8 Å². The van der Waals surface area contributed by atoms with Gasteiger partial charge in [0.25, 0.3) is 0 Å². The van der Waals surface area contributed by atoms with E-state index in [1.807, 2.05) is 32.0 Å². The van der Waals surface area contributed by atoms with Crippen LogP contribution in [0.15, 0.2) is 24.3 Å². The van der Waals surface area contributed by atoms with Crippen molar-refractivity contribution in [1.82, 2.24) is 5.32 Å². The molecular formula is C15H21NO2. The molecule has 1 aromatic rings. The van der Waals surface area contributed by atoms with Gasteiger partial charge in [-0.1, -0.05) is 32.0 Å². The summed E-state index contributed by atoms with van der Waals surface area (Å²) >= 11 is 0. The van der Waals surface area contributed by atoms with Gasteiger partial charge in [-0.05, 0) is 18.1 Å². The number of nitrogens with one attached hydrogen (secondary N) is 1. The third-order valence-electron chi connectivity index (χ3n) is 3.95. The Hall–Kier alpha value is -1.35. The van der Waals surface area contributed by atoms with Crippen molar-refractivity contribution in [3.05, 3.63) is 29.8 Å². The lowest BCUT2D eigenvalue weighted by molar-refractivity contribution is -0.130. The van der Waals surface area contributed by atoms with Gasteiger partial charge in [-0.3, -0.25) is 4.79 Å². The molecule has 0 aliphatic carbocycles. The standard InChI is InChI=1S/C15H21NO2/c1-15(2)13(16-9-8-14(15)17)10-11-6-4-5-7-12(11)18-3/h4-7,13,16H,8-10H2,1-3H3/t13-/m1/s1. The summed E-state index contributed by atoms with van der Waals surface area (Å²) in [5.41, 5.74) is 0.847. The second-order valence-electron chi connectivity index (χ2n) is 5.42. The molecule has 0 spiro atoms. The molecule has 1 aliphatic rings. The van der Waals surface area contributed by atoms with Gasteiger partial charge in [0.1, 0.15) is 11.5 Å². The molecule has 3 nitrogen and oxygen atoms in total. The summed E-state index contributed by atoms with van der Waals surface area (Å²) in [5, 5.41) is 3.46. The number of benzene rings is 1. The lowest BCUT2D eigenvalue weighted by Crippen LogP contribution is -2.53. The zero-order valence-electron chi connectivity index (χ0n) is 11.3. The van der Waals surface area contributed by atoms with Crippen LogP contribution in [-0.4, -0.2) is 25.5 Å². The zero-order chi connectivity index (χ0) is 13.2. The van der Waals surface area contributed by atoms with Crippen LogP contribution in [0.2, 0.25) is 0 Å². The zero-order valence-corrected chi connectivity index (χ0v) is 11.3. The number of carbonyl (C=O) groups excluding carboxylic acids is 1. The van der Waals surface area contributed by atoms with E-state index in [9.17, 15) is 4.79 Å². The van der Waals surface area contributed by atoms with E-state index in [2.05, 4.69) is 11.4 Å². The minimum absolute atomic E-state index is 0.176. The van der Waals surface area contributed by atoms with Crippen LogP contribution in [-0.2, 0) is 11.2 Å². The van der Waals surface area contributed by atoms with Crippen molar-refractivity contribution in [2.45, 2.75) is 32.7 Å². The smallest absolute Gasteiger partial charge is 0.141 e. The van der Waals surface area contributed by atoms with Gasteiger partial charge < -0.3 is 10.1 Å². The summed E-state index contributed by atoms with van der Waals surface area (Å²) in [6.45, 7) is 4.84. The molecule has 1 aromatic carbocycles. The van der Waals surface area contributed by atoms with Crippen molar-refractivity contribution in [2.24, 2.45) is 5.41 Å². The van der Waals surface area contributed by atoms with E-state index >= 15 is 0 Å². The van der Waals surface area contributed by atoms with Crippen molar-refractivity contribution >= 4 is 5.78 Å². The number of ketones is 1. The molecule has 0 bridgehead atoms. The van der Waals surface area contributed by atoms with Crippen molar-refractivity contribution in [2.75, 3.05) is 13.7 Å². The fourth-order valence-electron chi connectivity index (χ4n) is 2.55. The van der Waals surface area contributed by atoms with E-state index in [-0.39, 0.29) is 11.5 Å². The number of hydrogen-bond acceptors (Lipinski definition) is 3. The molecule has 1 fully saturated rings. The first kappa shape index (κ1) is 13.1. The Labute approximate surface area is 109 Å². The maximum Gasteiger partial charge on any atom is 0.141 e. The van der Waals surface area contributed by atoms with Crippen molar-refractivity contribution in [1.29, 1.82) is 0 Å². The number of hydrogen-bond donors (Lipinski definition) is 1. The first-order valence-corrected chi connectivity index (χ1v) is 6.44. The Morgan fingerprint density at radius 1 is 1.39 bits per heavy atom. The van der Waals surface area contributed by atoms with Crippen molar-refractivity contribution in [3.63, 3.8) is 0 Å². The molecule has 0 aromatic heterocycles. The van der Waals surface area contributed by atoms with Crippen molar-refractivity contribution < 1.29 is 9.53 Å². The summed E-state index contributed by atoms with van der Waals surface area (Å²) in [4.78, 5) is 12.0. The highest BCUT2D eigenvalue weighted by Gasteiger charge is 2.39. The van der Waals surface area contributed by atoms with E-state index in [0.29, 0.717) is 12.2 Å². The largest absolute Gasteiger partial charge is 0.496 e. The maximum atomic E-state index is 12.0. The molecule has 0 amide bonds. The van der Waals surface area contributed by atoms with E-state index in [0.717, 1.165) is 24.3 Å². The number of carbonyl (C=O) groups is 1. The molecule has 2 rings (SSSR count). The van der Waals surface area contributed by atoms with E-state index < -0.39 is 0 Å². The van der Waals surface area contributed by atoms with Gasteiger partial charge in [-0.15, -0.1) is 0 Å². The number of ether oxygens (including phenoxy) is 1. The van der Waals surface area contributed by atoms with Gasteiger partial charge in [0, 0.05) is 24.4 Å². The quantitative estimate of drug-likeness (QED) is 0.890. The van der Waals surface area contributed by atoms with Gasteiger partial charge in [0.2, 0.25) is 0 Å². The first-order valence-electron chi connectivity index (χ1n) is 6.44. The molecule has 1 aliphatic heterocycles. The van der Waals surface area contributed by atoms with Gasteiger partial charge in [-0.25, -0.2) is 0 Å². The van der Waals surface area contributed by atoms with Gasteiger partial charge >= 0.3 is 0 Å². The fraction of sp³-hybridized carbons (Fsp3) is 0.533. The third-order valence-corrected chi connectivity index (χ3v) is 3.95. The Morgan fingerprint density at radius 3 is 2.83 bits per heavy atom. The van der Waals surface area contributed by atoms with Gasteiger partial charge in [0.15, 0.2) is 0 Å². The Balaban J connectivity index is 2.20. The number of para-hydroxylation sites is 1. The van der Waals surface area contributed by atoms with Crippen LogP contribution < -0.4 is 10.1 Å². The SMILES string of the molecule is COc1ccccc1C[C@H]1NCCC(=O)C1(C)C. The summed E-state index contributed by atoms with van der Waals surface area (Å²) < 4.78 is 5.37. The summed E-state index contributed by atoms with van der Waals surface area (Å²) in [6, 6.07) is 8.18. The average molecular weight is 247 g/mol. The molecule has 98 valence electrons. The molecule has 0 unspecified atom stereocenters. The summed E-state index contributed by atoms with van der Waals surface area (Å²) in [6.07, 6.45) is 1.46. The lowest BCUT2D eigenvalue weighted by atomic mass is 9.74. The Kier molecular flexibility index (Phi) is 3.71. The second kappa shape index (κ2) is 5.11. The van der Waals surface area contributed by atoms with Gasteiger partial charge in [0.05, 0.1) is 7.11 Å². The fourth-order valence-corrected chi connectivity index (χ4v) is 2.55. The van der Waals surface area contributed by atoms with Crippen molar-refractivity contribution in [3.8, 4) is 5.75 Å². The normalized spacial score (nSPS) is 22.8. The Morgan fingerprint density at radius 2 is 2.11 bits per heavy atom. The maximum absolute atomic E-state index is 12.0. The highest BCUT2D eigenvalue weighted by Crippen LogP contribution is 2.31. The molecule has 0 radical (unpaired) electrons. The number of Topliss-reactive ketones (excluding diaryl/α,β-unsaturated/α-hetero) is 1. The molecule has 1 atom stereocenters. The van der Waals surface area contributed by atoms with Crippen LogP contribution in [0.5, 0.6) is 5.75 Å². The Bertz CT molecular complexity index is 440. The predicted molar refractivity (Wildman–Crippen MR) is 71.9 cm³/mol. The number of piperidine rings is 1. The van der Waals surface area contributed by atoms with Crippen LogP contribution in [0.25, 0.3) is 0 Å². The number of methoxy groups -OCH3 is 1. The van der Waals surface area contributed by atoms with E-state index in [4.69, 9.17) is 4.74 Å². The van der Waals surface area contributed by atoms with Crippen LogP contribution in [0.3, 0.4) is 0 Å². The highest BCUT2D eigenvalue weighted by atomic mass is 16.5. The lowest BCUT2D eigenvalue weighted by Gasteiger charge is -2.38. The molecule has 1 saturated heterocycles. The second-order valence-corrected chi connectivity index (χ2v) is 5.42. The third kappa shape index (κ3) is 2.41. The van der Waals surface area contributed by atoms with Crippen LogP contribution in [0.4, 0.5) is 0 Å². The summed E-state index contributed by atoms with van der Waals surface area (Å²) in [5.74, 6) is 1.24. The first-order chi connectivity index (χ1) is 8.55. The van der Waals surface area contributed by atoms with E-state index in [1.54, 1.807) is 7.11 Å². The molecule has 1 N–H and O–H groups in total. The average Bonchev–Trinajstić information content (AvgIpc) is 2.36. The number of rotatable bonds is 3. The summed E-state index contributed by atoms with van der Waals surface area (Å²) in [7, 11) is 1.68. The predicted octanol–water partition coefficient (Wildman–Crippen LogP) is 2.19. The molecular weight excluding hydrogens is 226 g/mol. The molecule has 3 heteroatoms. The topological polar surface area (TPSA) is 38.3 Å². The van der Waals surface area contributed by atoms with E-state index in [1.165, 1.54) is 0 Å². The van der Waals surface area contributed by atoms with Gasteiger partial charge in [-0.2, -0.15) is 0 Å². The van der Waals surface area contributed by atoms with Crippen LogP contribution >= 0.6 is 0 Å². The highest BCUT2D eigenvalue weighted by molar-refractivity contribution is 5.85.